The van der Waals surface area contributed by atoms with Crippen LogP contribution in [-0.4, -0.2) is 51.0 Å². The number of amides is 3. The first-order valence-corrected chi connectivity index (χ1v) is 12.1. The van der Waals surface area contributed by atoms with Crippen molar-refractivity contribution in [1.29, 1.82) is 0 Å². The maximum atomic E-state index is 12.7. The number of carbonyl (C=O) groups is 4. The van der Waals surface area contributed by atoms with E-state index in [-0.39, 0.29) is 30.2 Å². The van der Waals surface area contributed by atoms with Crippen molar-refractivity contribution in [3.05, 3.63) is 52.8 Å². The second-order valence-corrected chi connectivity index (χ2v) is 9.40. The number of ether oxygens (including phenoxy) is 1. The highest BCUT2D eigenvalue weighted by Gasteiger charge is 2.51. The predicted molar refractivity (Wildman–Crippen MR) is 127 cm³/mol. The highest BCUT2D eigenvalue weighted by atomic mass is 16.5. The molecule has 1 N–H and O–H groups in total. The molecule has 2 aliphatic rings. The summed E-state index contributed by atoms with van der Waals surface area (Å²) in [6.45, 7) is 5.72. The Bertz CT molecular complexity index is 1100. The Kier molecular flexibility index (Phi) is 7.33. The molecule has 3 atom stereocenters. The highest BCUT2D eigenvalue weighted by molar-refractivity contribution is 6.07. The molecule has 0 spiro atoms. The molecule has 4 rings (SSSR count). The van der Waals surface area contributed by atoms with Crippen molar-refractivity contribution in [1.82, 2.24) is 20.0 Å². The number of nitrogens with zero attached hydrogens (tertiary/aromatic N) is 3. The van der Waals surface area contributed by atoms with Crippen LogP contribution >= 0.6 is 0 Å². The highest BCUT2D eigenvalue weighted by Crippen LogP contribution is 2.38. The molecule has 9 heteroatoms. The Morgan fingerprint density at radius 3 is 2.34 bits per heavy atom. The summed E-state index contributed by atoms with van der Waals surface area (Å²) in [6.07, 6.45) is 3.18. The lowest BCUT2D eigenvalue weighted by atomic mass is 9.81. The first kappa shape index (κ1) is 24.6. The van der Waals surface area contributed by atoms with Gasteiger partial charge in [0, 0.05) is 17.8 Å². The monoisotopic (exact) mass is 480 g/mol. The van der Waals surface area contributed by atoms with Crippen molar-refractivity contribution >= 4 is 23.7 Å². The molecule has 9 nitrogen and oxygen atoms in total. The number of rotatable bonds is 8. The molecule has 1 aliphatic carbocycles. The van der Waals surface area contributed by atoms with Crippen LogP contribution in [0, 0.1) is 25.7 Å². The average Bonchev–Trinajstić information content (AvgIpc) is 3.27. The zero-order chi connectivity index (χ0) is 25.1. The smallest absolute Gasteiger partial charge is 0.329 e. The molecule has 35 heavy (non-hydrogen) atoms. The van der Waals surface area contributed by atoms with Gasteiger partial charge in [-0.25, -0.2) is 4.79 Å². The summed E-state index contributed by atoms with van der Waals surface area (Å²) < 4.78 is 7.04. The zero-order valence-corrected chi connectivity index (χ0v) is 20.5. The van der Waals surface area contributed by atoms with E-state index >= 15 is 0 Å². The molecule has 2 fully saturated rings. The van der Waals surface area contributed by atoms with Crippen LogP contribution in [0.2, 0.25) is 0 Å². The quantitative estimate of drug-likeness (QED) is 0.458. The van der Waals surface area contributed by atoms with Gasteiger partial charge in [-0.3, -0.25) is 24.0 Å². The van der Waals surface area contributed by atoms with Crippen molar-refractivity contribution in [2.24, 2.45) is 11.8 Å². The maximum Gasteiger partial charge on any atom is 0.329 e. The summed E-state index contributed by atoms with van der Waals surface area (Å²) in [5.41, 5.74) is 3.80. The van der Waals surface area contributed by atoms with Crippen LogP contribution in [0.25, 0.3) is 0 Å². The van der Waals surface area contributed by atoms with Crippen LogP contribution < -0.4 is 5.32 Å². The lowest BCUT2D eigenvalue weighted by Crippen LogP contribution is -2.45. The number of imide groups is 1. The third-order valence-electron chi connectivity index (χ3n) is 7.12. The summed E-state index contributed by atoms with van der Waals surface area (Å²) in [6, 6.07) is 8.94. The Labute approximate surface area is 204 Å². The molecule has 1 saturated carbocycles. The molecule has 2 heterocycles. The number of hydrogen-bond donors (Lipinski definition) is 1. The largest absolute Gasteiger partial charge is 0.454 e. The van der Waals surface area contributed by atoms with Gasteiger partial charge in [0.1, 0.15) is 6.04 Å². The minimum Gasteiger partial charge on any atom is -0.454 e. The van der Waals surface area contributed by atoms with Gasteiger partial charge in [0.2, 0.25) is 11.8 Å². The molecular weight excluding hydrogens is 448 g/mol. The van der Waals surface area contributed by atoms with Crippen LogP contribution in [0.3, 0.4) is 0 Å². The Morgan fingerprint density at radius 1 is 1.09 bits per heavy atom. The molecule has 1 saturated heterocycles. The lowest BCUT2D eigenvalue weighted by Gasteiger charge is -2.21. The van der Waals surface area contributed by atoms with E-state index in [4.69, 9.17) is 4.74 Å². The van der Waals surface area contributed by atoms with E-state index in [0.29, 0.717) is 19.4 Å². The number of aromatic nitrogens is 2. The minimum atomic E-state index is -1.05. The number of hydrogen-bond acceptors (Lipinski definition) is 6. The van der Waals surface area contributed by atoms with Crippen LogP contribution in [-0.2, 0) is 37.0 Å². The van der Waals surface area contributed by atoms with Crippen molar-refractivity contribution in [2.45, 2.75) is 65.6 Å². The third-order valence-corrected chi connectivity index (χ3v) is 7.12. The molecule has 1 aliphatic heterocycles. The summed E-state index contributed by atoms with van der Waals surface area (Å²) in [5, 5.41) is 7.34. The van der Waals surface area contributed by atoms with Gasteiger partial charge in [-0.05, 0) is 39.2 Å². The van der Waals surface area contributed by atoms with Gasteiger partial charge < -0.3 is 10.1 Å². The van der Waals surface area contributed by atoms with E-state index in [1.807, 2.05) is 48.9 Å². The normalized spacial score (nSPS) is 20.5. The number of nitrogens with one attached hydrogen (secondary N) is 1. The molecule has 1 aromatic carbocycles. The fourth-order valence-electron chi connectivity index (χ4n) is 5.07. The topological polar surface area (TPSA) is 111 Å². The second-order valence-electron chi connectivity index (χ2n) is 9.40. The number of fused-ring (bicyclic) bond motifs is 1. The number of likely N-dealkylation sites (tertiary alicyclic amines) is 1. The summed E-state index contributed by atoms with van der Waals surface area (Å²) in [5.74, 6) is -2.48. The van der Waals surface area contributed by atoms with E-state index in [1.165, 1.54) is 6.92 Å². The summed E-state index contributed by atoms with van der Waals surface area (Å²) in [7, 11) is 0. The number of aryl methyl sites for hydroxylation is 1. The summed E-state index contributed by atoms with van der Waals surface area (Å²) in [4.78, 5) is 51.3. The van der Waals surface area contributed by atoms with E-state index in [1.54, 1.807) is 0 Å². The Balaban J connectivity index is 1.28. The molecule has 2 unspecified atom stereocenters. The third kappa shape index (κ3) is 5.13. The van der Waals surface area contributed by atoms with Crippen molar-refractivity contribution < 1.29 is 23.9 Å². The molecule has 186 valence electrons. The summed E-state index contributed by atoms with van der Waals surface area (Å²) >= 11 is 0. The van der Waals surface area contributed by atoms with Crippen LogP contribution in [0.4, 0.5) is 0 Å². The van der Waals surface area contributed by atoms with Gasteiger partial charge in [-0.2, -0.15) is 5.10 Å². The fourth-order valence-corrected chi connectivity index (χ4v) is 5.07. The van der Waals surface area contributed by atoms with Crippen molar-refractivity contribution in [3.8, 4) is 0 Å². The number of esters is 1. The van der Waals surface area contributed by atoms with Gasteiger partial charge in [0.25, 0.3) is 5.91 Å². The van der Waals surface area contributed by atoms with Crippen LogP contribution in [0.1, 0.15) is 55.1 Å². The second kappa shape index (κ2) is 10.4. The molecule has 2 aromatic rings. The fraction of sp³-hybridized carbons (Fsp3) is 0.500. The van der Waals surface area contributed by atoms with Gasteiger partial charge in [0.15, 0.2) is 6.61 Å². The first-order valence-electron chi connectivity index (χ1n) is 12.1. The molecular formula is C26H32N4O5. The molecule has 3 amide bonds. The standard InChI is InChI=1S/C26H32N4O5/c1-16-22(17(2)29(28-16)14-19-9-5-4-6-10-19)13-27-23(31)15-35-26(34)18(3)30-24(32)20-11-7-8-12-21(20)25(30)33/h4-6,9-10,18,20-21H,7-8,11-15H2,1-3H3,(H,27,31)/t18-,20?,21?/m0/s1. The molecule has 0 radical (unpaired) electrons. The lowest BCUT2D eigenvalue weighted by molar-refractivity contribution is -0.159. The number of carbonyl (C=O) groups excluding carboxylic acids is 4. The SMILES string of the molecule is Cc1nn(Cc2ccccc2)c(C)c1CNC(=O)COC(=O)[C@H](C)N1C(=O)C2CCCCC2C1=O. The van der Waals surface area contributed by atoms with Crippen molar-refractivity contribution in [2.75, 3.05) is 6.61 Å². The minimum absolute atomic E-state index is 0.255. The zero-order valence-electron chi connectivity index (χ0n) is 20.5. The van der Waals surface area contributed by atoms with Crippen LogP contribution in [0.15, 0.2) is 30.3 Å². The van der Waals surface area contributed by atoms with Gasteiger partial charge in [-0.15, -0.1) is 0 Å². The van der Waals surface area contributed by atoms with E-state index in [0.717, 1.165) is 40.3 Å². The van der Waals surface area contributed by atoms with E-state index in [2.05, 4.69) is 10.4 Å². The van der Waals surface area contributed by atoms with Gasteiger partial charge >= 0.3 is 5.97 Å². The van der Waals surface area contributed by atoms with Gasteiger partial charge in [0.05, 0.1) is 24.1 Å². The predicted octanol–water partition coefficient (Wildman–Crippen LogP) is 2.27. The Morgan fingerprint density at radius 2 is 1.71 bits per heavy atom. The van der Waals surface area contributed by atoms with E-state index < -0.39 is 24.5 Å². The molecule has 0 bridgehead atoms. The van der Waals surface area contributed by atoms with Gasteiger partial charge in [-0.1, -0.05) is 43.2 Å². The van der Waals surface area contributed by atoms with Crippen molar-refractivity contribution in [3.63, 3.8) is 0 Å². The number of benzene rings is 1. The molecule has 1 aromatic heterocycles. The average molecular weight is 481 g/mol. The maximum absolute atomic E-state index is 12.7. The van der Waals surface area contributed by atoms with E-state index in [9.17, 15) is 19.2 Å². The van der Waals surface area contributed by atoms with Crippen LogP contribution in [0.5, 0.6) is 0 Å². The first-order chi connectivity index (χ1) is 16.8. The Hall–Kier alpha value is -3.49.